The van der Waals surface area contributed by atoms with Crippen LogP contribution in [-0.4, -0.2) is 19.8 Å². The Morgan fingerprint density at radius 2 is 2.11 bits per heavy atom. The highest BCUT2D eigenvalue weighted by atomic mass is 35.5. The van der Waals surface area contributed by atoms with Crippen molar-refractivity contribution in [3.05, 3.63) is 38.4 Å². The van der Waals surface area contributed by atoms with E-state index in [1.54, 1.807) is 24.6 Å². The Balaban J connectivity index is 2.19. The average molecular weight is 356 g/mol. The van der Waals surface area contributed by atoms with Crippen molar-refractivity contribution in [2.24, 2.45) is 0 Å². The molecule has 8 heteroatoms. The van der Waals surface area contributed by atoms with Gasteiger partial charge in [0.15, 0.2) is 0 Å². The predicted octanol–water partition coefficient (Wildman–Crippen LogP) is 4.02. The summed E-state index contributed by atoms with van der Waals surface area (Å²) in [6.07, 6.45) is 0. The van der Waals surface area contributed by atoms with Crippen LogP contribution in [0.1, 0.15) is 10.4 Å². The van der Waals surface area contributed by atoms with Gasteiger partial charge in [-0.1, -0.05) is 11.6 Å². The summed E-state index contributed by atoms with van der Waals surface area (Å²) in [4.78, 5) is 0.908. The van der Waals surface area contributed by atoms with Crippen molar-refractivity contribution in [3.8, 4) is 0 Å². The number of halogens is 2. The van der Waals surface area contributed by atoms with E-state index >= 15 is 0 Å². The molecule has 0 radical (unpaired) electrons. The highest BCUT2D eigenvalue weighted by molar-refractivity contribution is 7.91. The van der Waals surface area contributed by atoms with E-state index in [9.17, 15) is 8.42 Å². The molecule has 0 unspecified atom stereocenters. The summed E-state index contributed by atoms with van der Waals surface area (Å²) < 4.78 is 27.0. The first-order valence-corrected chi connectivity index (χ1v) is 9.32. The van der Waals surface area contributed by atoms with Crippen LogP contribution in [0.2, 0.25) is 4.34 Å². The van der Waals surface area contributed by atoms with Gasteiger partial charge in [0, 0.05) is 24.3 Å². The Kier molecular flexibility index (Phi) is 4.92. The van der Waals surface area contributed by atoms with E-state index in [-0.39, 0.29) is 0 Å². The van der Waals surface area contributed by atoms with Crippen molar-refractivity contribution in [1.29, 1.82) is 0 Å². The molecule has 3 nitrogen and oxygen atoms in total. The molecular weight excluding hydrogens is 345 g/mol. The van der Waals surface area contributed by atoms with E-state index in [4.69, 9.17) is 23.2 Å². The molecule has 104 valence electrons. The minimum Gasteiger partial charge on any atom is -0.206 e. The highest BCUT2D eigenvalue weighted by Gasteiger charge is 2.23. The van der Waals surface area contributed by atoms with Crippen LogP contribution in [0.4, 0.5) is 0 Å². The van der Waals surface area contributed by atoms with Gasteiger partial charge >= 0.3 is 0 Å². The van der Waals surface area contributed by atoms with Gasteiger partial charge in [0.1, 0.15) is 4.21 Å². The van der Waals surface area contributed by atoms with Gasteiger partial charge in [-0.2, -0.15) is 4.31 Å². The van der Waals surface area contributed by atoms with Crippen LogP contribution >= 0.6 is 45.9 Å². The molecule has 0 fully saturated rings. The van der Waals surface area contributed by atoms with Crippen LogP contribution in [0.15, 0.2) is 27.8 Å². The average Bonchev–Trinajstić information content (AvgIpc) is 2.98. The zero-order valence-corrected chi connectivity index (χ0v) is 13.9. The van der Waals surface area contributed by atoms with E-state index in [1.807, 2.05) is 6.07 Å². The molecule has 0 bridgehead atoms. The second-order valence-electron chi connectivity index (χ2n) is 3.87. The molecule has 0 spiro atoms. The summed E-state index contributed by atoms with van der Waals surface area (Å²) >= 11 is 14.1. The third kappa shape index (κ3) is 3.51. The number of rotatable bonds is 5. The summed E-state index contributed by atoms with van der Waals surface area (Å²) in [5.74, 6) is 0.316. The van der Waals surface area contributed by atoms with E-state index < -0.39 is 10.0 Å². The molecule has 0 aliphatic carbocycles. The molecule has 2 heterocycles. The minimum atomic E-state index is -3.46. The smallest absolute Gasteiger partial charge is 0.206 e. The van der Waals surface area contributed by atoms with Gasteiger partial charge in [0.25, 0.3) is 10.0 Å². The molecule has 2 rings (SSSR count). The molecule has 0 saturated carbocycles. The standard InChI is InChI=1S/C11H11Cl2NO2S3/c1-14(6-9-2-3-10(13)18-9)19(15,16)11-4-8(5-12)7-17-11/h2-4,7H,5-6H2,1H3. The Bertz CT molecular complexity index is 663. The van der Waals surface area contributed by atoms with E-state index in [1.165, 1.54) is 27.0 Å². The third-order valence-electron chi connectivity index (χ3n) is 2.46. The molecule has 0 N–H and O–H groups in total. The van der Waals surface area contributed by atoms with E-state index in [0.29, 0.717) is 21.0 Å². The topological polar surface area (TPSA) is 37.4 Å². The second-order valence-corrected chi connectivity index (χ2v) is 9.12. The van der Waals surface area contributed by atoms with Gasteiger partial charge in [-0.3, -0.25) is 0 Å². The Morgan fingerprint density at radius 3 is 2.63 bits per heavy atom. The minimum absolute atomic E-state index is 0.313. The quantitative estimate of drug-likeness (QED) is 0.759. The van der Waals surface area contributed by atoms with Crippen molar-refractivity contribution in [2.75, 3.05) is 7.05 Å². The number of nitrogens with zero attached hydrogens (tertiary/aromatic N) is 1. The molecule has 19 heavy (non-hydrogen) atoms. The lowest BCUT2D eigenvalue weighted by molar-refractivity contribution is 0.471. The van der Waals surface area contributed by atoms with E-state index in [0.717, 1.165) is 10.4 Å². The summed E-state index contributed by atoms with van der Waals surface area (Å²) in [7, 11) is -1.90. The van der Waals surface area contributed by atoms with Crippen molar-refractivity contribution in [2.45, 2.75) is 16.6 Å². The summed E-state index contributed by atoms with van der Waals surface area (Å²) in [5, 5.41) is 1.76. The third-order valence-corrected chi connectivity index (χ3v) is 7.25. The van der Waals surface area contributed by atoms with Crippen molar-refractivity contribution < 1.29 is 8.42 Å². The summed E-state index contributed by atoms with van der Waals surface area (Å²) in [6.45, 7) is 0.313. The first kappa shape index (κ1) is 15.3. The number of alkyl halides is 1. The maximum Gasteiger partial charge on any atom is 0.252 e. The highest BCUT2D eigenvalue weighted by Crippen LogP contribution is 2.27. The van der Waals surface area contributed by atoms with Crippen LogP contribution in [0.5, 0.6) is 0 Å². The Morgan fingerprint density at radius 1 is 1.37 bits per heavy atom. The van der Waals surface area contributed by atoms with Gasteiger partial charge in [0.05, 0.1) is 4.34 Å². The zero-order chi connectivity index (χ0) is 14.0. The van der Waals surface area contributed by atoms with E-state index in [2.05, 4.69) is 0 Å². The van der Waals surface area contributed by atoms with Crippen molar-refractivity contribution in [1.82, 2.24) is 4.31 Å². The number of thiophene rings is 2. The fourth-order valence-corrected chi connectivity index (χ4v) is 5.49. The number of hydrogen-bond acceptors (Lipinski definition) is 4. The maximum atomic E-state index is 12.3. The van der Waals surface area contributed by atoms with Crippen molar-refractivity contribution >= 4 is 55.9 Å². The zero-order valence-electron chi connectivity index (χ0n) is 9.97. The van der Waals surface area contributed by atoms with Gasteiger partial charge in [0.2, 0.25) is 0 Å². The van der Waals surface area contributed by atoms with Gasteiger partial charge in [-0.15, -0.1) is 34.3 Å². The maximum absolute atomic E-state index is 12.3. The molecule has 0 aromatic carbocycles. The molecule has 0 saturated heterocycles. The van der Waals surface area contributed by atoms with Crippen LogP contribution in [-0.2, 0) is 22.4 Å². The largest absolute Gasteiger partial charge is 0.252 e. The molecule has 0 amide bonds. The van der Waals surface area contributed by atoms with Crippen LogP contribution < -0.4 is 0 Å². The van der Waals surface area contributed by atoms with Gasteiger partial charge in [-0.25, -0.2) is 8.42 Å². The number of hydrogen-bond donors (Lipinski definition) is 0. The van der Waals surface area contributed by atoms with Gasteiger partial charge < -0.3 is 0 Å². The van der Waals surface area contributed by atoms with Crippen molar-refractivity contribution in [3.63, 3.8) is 0 Å². The number of sulfonamides is 1. The van der Waals surface area contributed by atoms with Crippen LogP contribution in [0, 0.1) is 0 Å². The van der Waals surface area contributed by atoms with Crippen LogP contribution in [0.3, 0.4) is 0 Å². The molecule has 2 aromatic rings. The normalized spacial score (nSPS) is 12.2. The summed E-state index contributed by atoms with van der Waals surface area (Å²) in [5.41, 5.74) is 0.817. The SMILES string of the molecule is CN(Cc1ccc(Cl)s1)S(=O)(=O)c1cc(CCl)cs1. The first-order chi connectivity index (χ1) is 8.93. The molecule has 0 atom stereocenters. The lowest BCUT2D eigenvalue weighted by atomic mass is 10.4. The fraction of sp³-hybridized carbons (Fsp3) is 0.273. The fourth-order valence-electron chi connectivity index (χ4n) is 1.45. The lowest BCUT2D eigenvalue weighted by Crippen LogP contribution is -2.25. The molecule has 0 aliphatic heterocycles. The Labute approximate surface area is 130 Å². The molecule has 2 aromatic heterocycles. The molecule has 0 aliphatic rings. The lowest BCUT2D eigenvalue weighted by Gasteiger charge is -2.14. The van der Waals surface area contributed by atoms with Gasteiger partial charge in [-0.05, 0) is 29.1 Å². The van der Waals surface area contributed by atoms with Crippen LogP contribution in [0.25, 0.3) is 0 Å². The predicted molar refractivity (Wildman–Crippen MR) is 81.9 cm³/mol. The monoisotopic (exact) mass is 355 g/mol. The second kappa shape index (κ2) is 6.11. The first-order valence-electron chi connectivity index (χ1n) is 5.27. The Hall–Kier alpha value is -0.110. The summed E-state index contributed by atoms with van der Waals surface area (Å²) in [6, 6.07) is 5.21. The molecular formula is C11H11Cl2NO2S3.